The van der Waals surface area contributed by atoms with E-state index < -0.39 is 6.23 Å². The number of fused-ring (bicyclic) bond motifs is 1. The van der Waals surface area contributed by atoms with Gasteiger partial charge in [-0.15, -0.1) is 0 Å². The highest BCUT2D eigenvalue weighted by Gasteiger charge is 2.31. The van der Waals surface area contributed by atoms with Gasteiger partial charge in [-0.1, -0.05) is 18.2 Å². The highest BCUT2D eigenvalue weighted by molar-refractivity contribution is 6.20. The van der Waals surface area contributed by atoms with Gasteiger partial charge in [0.1, 0.15) is 6.23 Å². The molecule has 0 radical (unpaired) electrons. The summed E-state index contributed by atoms with van der Waals surface area (Å²) in [6.45, 7) is 0. The van der Waals surface area contributed by atoms with Crippen LogP contribution in [0.1, 0.15) is 22.1 Å². The zero-order valence-corrected chi connectivity index (χ0v) is 6.69. The Labute approximate surface area is 71.0 Å². The third kappa shape index (κ3) is 0.784. The van der Waals surface area contributed by atoms with Gasteiger partial charge in [-0.3, -0.25) is 4.79 Å². The van der Waals surface area contributed by atoms with Crippen LogP contribution in [-0.2, 0) is 0 Å². The van der Waals surface area contributed by atoms with E-state index in [0.29, 0.717) is 11.1 Å². The number of amides is 1. The van der Waals surface area contributed by atoms with E-state index in [9.17, 15) is 9.90 Å². The van der Waals surface area contributed by atoms with Crippen LogP contribution in [0.3, 0.4) is 0 Å². The fourth-order valence-electron chi connectivity index (χ4n) is 1.43. The normalized spacial score (nSPS) is 21.2. The first kappa shape index (κ1) is 7.37. The van der Waals surface area contributed by atoms with Gasteiger partial charge in [0, 0.05) is 11.1 Å². The van der Waals surface area contributed by atoms with Gasteiger partial charge in [0.15, 0.2) is 0 Å². The Bertz CT molecular complexity index is 340. The molecule has 0 bridgehead atoms. The molecule has 0 aromatic heterocycles. The maximum Gasteiger partial charge on any atom is 0.243 e. The molecule has 2 rings (SSSR count). The molecule has 1 aromatic carbocycles. The minimum absolute atomic E-state index is 0.113. The molecule has 1 amide bonds. The Kier molecular flexibility index (Phi) is 1.44. The van der Waals surface area contributed by atoms with Crippen LogP contribution in [0.25, 0.3) is 0 Å². The van der Waals surface area contributed by atoms with Gasteiger partial charge in [0.05, 0.1) is 0 Å². The molecule has 1 aliphatic heterocycles. The minimum Gasteiger partial charge on any atom is -0.370 e. The van der Waals surface area contributed by atoms with Gasteiger partial charge in [0.25, 0.3) is 0 Å². The smallest absolute Gasteiger partial charge is 0.243 e. The van der Waals surface area contributed by atoms with E-state index in [0.717, 1.165) is 0 Å². The number of rotatable bonds is 0. The average molecular weight is 161 g/mol. The van der Waals surface area contributed by atoms with Crippen molar-refractivity contribution in [3.05, 3.63) is 35.4 Å². The Morgan fingerprint density at radius 2 is 2.08 bits per heavy atom. The molecule has 1 heterocycles. The van der Waals surface area contributed by atoms with Crippen molar-refractivity contribution in [1.29, 1.82) is 0 Å². The number of aliphatic hydroxyl groups is 1. The standard InChI is InChI=1S/C8H8BNO2/c9-10-7(11)5-3-1-2-4-6(5)8(10)12/h1-4,7,11H,9H2. The van der Waals surface area contributed by atoms with E-state index >= 15 is 0 Å². The Morgan fingerprint density at radius 3 is 2.75 bits per heavy atom. The summed E-state index contributed by atoms with van der Waals surface area (Å²) in [5, 5.41) is 9.53. The lowest BCUT2D eigenvalue weighted by molar-refractivity contribution is 0.0543. The number of hydrogen-bond donors (Lipinski definition) is 1. The summed E-state index contributed by atoms with van der Waals surface area (Å²) in [4.78, 5) is 12.7. The van der Waals surface area contributed by atoms with Crippen molar-refractivity contribution < 1.29 is 9.90 Å². The summed E-state index contributed by atoms with van der Waals surface area (Å²) >= 11 is 0. The van der Waals surface area contributed by atoms with Crippen LogP contribution in [0.4, 0.5) is 0 Å². The molecule has 0 spiro atoms. The molecule has 3 nitrogen and oxygen atoms in total. The number of nitrogens with zero attached hydrogens (tertiary/aromatic N) is 1. The van der Waals surface area contributed by atoms with Gasteiger partial charge in [-0.05, 0) is 6.07 Å². The summed E-state index contributed by atoms with van der Waals surface area (Å²) in [5.41, 5.74) is 1.30. The second-order valence-corrected chi connectivity index (χ2v) is 2.88. The van der Waals surface area contributed by atoms with E-state index in [1.165, 1.54) is 4.81 Å². The van der Waals surface area contributed by atoms with Crippen molar-refractivity contribution in [1.82, 2.24) is 4.81 Å². The second-order valence-electron chi connectivity index (χ2n) is 2.88. The summed E-state index contributed by atoms with van der Waals surface area (Å²) in [6.07, 6.45) is -0.770. The molecule has 4 heteroatoms. The van der Waals surface area contributed by atoms with E-state index in [1.807, 2.05) is 6.07 Å². The van der Waals surface area contributed by atoms with Crippen LogP contribution in [0.2, 0.25) is 0 Å². The molecule has 1 unspecified atom stereocenters. The van der Waals surface area contributed by atoms with E-state index in [4.69, 9.17) is 0 Å². The van der Waals surface area contributed by atoms with Crippen molar-refractivity contribution in [3.63, 3.8) is 0 Å². The summed E-state index contributed by atoms with van der Waals surface area (Å²) in [7, 11) is 1.59. The predicted octanol–water partition coefficient (Wildman–Crippen LogP) is -0.319. The van der Waals surface area contributed by atoms with Crippen molar-refractivity contribution in [2.24, 2.45) is 0 Å². The van der Waals surface area contributed by atoms with Crippen molar-refractivity contribution in [2.45, 2.75) is 6.23 Å². The quantitative estimate of drug-likeness (QED) is 0.529. The molecule has 0 fully saturated rings. The van der Waals surface area contributed by atoms with Crippen LogP contribution in [-0.4, -0.2) is 23.8 Å². The lowest BCUT2D eigenvalue weighted by atomic mass is 10.1. The van der Waals surface area contributed by atoms with Gasteiger partial charge in [0.2, 0.25) is 13.9 Å². The highest BCUT2D eigenvalue weighted by atomic mass is 16.3. The van der Waals surface area contributed by atoms with Gasteiger partial charge in [-0.2, -0.15) is 0 Å². The maximum atomic E-state index is 11.4. The monoisotopic (exact) mass is 161 g/mol. The molecule has 0 saturated carbocycles. The number of carbonyl (C=O) groups is 1. The summed E-state index contributed by atoms with van der Waals surface area (Å²) < 4.78 is 0. The van der Waals surface area contributed by atoms with Crippen LogP contribution in [0.15, 0.2) is 24.3 Å². The topological polar surface area (TPSA) is 40.5 Å². The van der Waals surface area contributed by atoms with Gasteiger partial charge in [-0.25, -0.2) is 0 Å². The zero-order valence-electron chi connectivity index (χ0n) is 6.69. The van der Waals surface area contributed by atoms with Crippen LogP contribution < -0.4 is 0 Å². The molecule has 0 aliphatic carbocycles. The van der Waals surface area contributed by atoms with Gasteiger partial charge >= 0.3 is 0 Å². The molecular formula is C8H8BNO2. The fraction of sp³-hybridized carbons (Fsp3) is 0.125. The first-order valence-electron chi connectivity index (χ1n) is 3.76. The molecule has 1 aromatic rings. The average Bonchev–Trinajstić information content (AvgIpc) is 2.33. The summed E-state index contributed by atoms with van der Waals surface area (Å²) in [6, 6.07) is 7.10. The second kappa shape index (κ2) is 2.35. The lowest BCUT2D eigenvalue weighted by Crippen LogP contribution is -2.24. The minimum atomic E-state index is -0.770. The molecule has 60 valence electrons. The zero-order chi connectivity index (χ0) is 8.72. The molecule has 12 heavy (non-hydrogen) atoms. The highest BCUT2D eigenvalue weighted by Crippen LogP contribution is 2.28. The number of aliphatic hydroxyl groups excluding tert-OH is 1. The lowest BCUT2D eigenvalue weighted by Gasteiger charge is -2.14. The number of hydrogen-bond acceptors (Lipinski definition) is 2. The molecule has 1 N–H and O–H groups in total. The Balaban J connectivity index is 2.59. The Morgan fingerprint density at radius 1 is 1.42 bits per heavy atom. The van der Waals surface area contributed by atoms with E-state index in [1.54, 1.807) is 26.2 Å². The maximum absolute atomic E-state index is 11.4. The molecule has 0 saturated heterocycles. The number of benzene rings is 1. The van der Waals surface area contributed by atoms with Crippen molar-refractivity contribution in [2.75, 3.05) is 0 Å². The van der Waals surface area contributed by atoms with Crippen LogP contribution >= 0.6 is 0 Å². The Hall–Kier alpha value is -1.29. The largest absolute Gasteiger partial charge is 0.370 e. The van der Waals surface area contributed by atoms with E-state index in [-0.39, 0.29) is 5.91 Å². The first-order chi connectivity index (χ1) is 5.72. The third-order valence-corrected chi connectivity index (χ3v) is 2.16. The number of carbonyl (C=O) groups excluding carboxylic acids is 1. The first-order valence-corrected chi connectivity index (χ1v) is 3.76. The predicted molar refractivity (Wildman–Crippen MR) is 46.1 cm³/mol. The van der Waals surface area contributed by atoms with Crippen LogP contribution in [0.5, 0.6) is 0 Å². The van der Waals surface area contributed by atoms with Gasteiger partial charge < -0.3 is 9.92 Å². The van der Waals surface area contributed by atoms with Crippen LogP contribution in [0, 0.1) is 0 Å². The van der Waals surface area contributed by atoms with Crippen molar-refractivity contribution in [3.8, 4) is 0 Å². The fourth-order valence-corrected chi connectivity index (χ4v) is 1.43. The molecule has 1 aliphatic rings. The molecule has 1 atom stereocenters. The molecular weight excluding hydrogens is 153 g/mol. The van der Waals surface area contributed by atoms with E-state index in [2.05, 4.69) is 0 Å². The SMILES string of the molecule is BN1C(=O)c2ccccc2C1O. The van der Waals surface area contributed by atoms with Crippen molar-refractivity contribution >= 4 is 13.9 Å². The third-order valence-electron chi connectivity index (χ3n) is 2.16. The summed E-state index contributed by atoms with van der Waals surface area (Å²) in [5.74, 6) is -0.113.